The minimum absolute atomic E-state index is 0.0256. The van der Waals surface area contributed by atoms with E-state index in [9.17, 15) is 14.0 Å². The van der Waals surface area contributed by atoms with Crippen LogP contribution in [0.4, 0.5) is 26.2 Å². The van der Waals surface area contributed by atoms with Crippen LogP contribution in [0.3, 0.4) is 0 Å². The highest BCUT2D eigenvalue weighted by molar-refractivity contribution is 5.97. The highest BCUT2D eigenvalue weighted by atomic mass is 19.1. The van der Waals surface area contributed by atoms with Crippen LogP contribution >= 0.6 is 0 Å². The molecule has 0 saturated carbocycles. The minimum Gasteiger partial charge on any atom is -0.482 e. The van der Waals surface area contributed by atoms with Crippen molar-refractivity contribution in [2.45, 2.75) is 12.5 Å². The highest BCUT2D eigenvalue weighted by Crippen LogP contribution is 2.34. The van der Waals surface area contributed by atoms with Crippen LogP contribution in [0.2, 0.25) is 0 Å². The summed E-state index contributed by atoms with van der Waals surface area (Å²) in [7, 11) is 1.53. The van der Waals surface area contributed by atoms with E-state index in [1.54, 1.807) is 35.2 Å². The summed E-state index contributed by atoms with van der Waals surface area (Å²) in [4.78, 5) is 38.8. The number of pyridine rings is 2. The molecule has 6 rings (SSSR count). The van der Waals surface area contributed by atoms with Crippen molar-refractivity contribution in [3.05, 3.63) is 42.3 Å². The number of nitrogens with zero attached hydrogens (tertiary/aromatic N) is 5. The van der Waals surface area contributed by atoms with Crippen LogP contribution in [0.15, 0.2) is 36.5 Å². The Bertz CT molecular complexity index is 1400. The number of fused-ring (bicyclic) bond motifs is 2. The first-order valence-electron chi connectivity index (χ1n) is 12.5. The number of amides is 2. The van der Waals surface area contributed by atoms with E-state index < -0.39 is 11.9 Å². The van der Waals surface area contributed by atoms with Gasteiger partial charge in [0.15, 0.2) is 12.4 Å². The lowest BCUT2D eigenvalue weighted by atomic mass is 10.2. The standard InChI is InChI=1S/C26H27FN6O5/c1-36-23-6-4-19-24(30-23)25(18(27)12-28-19)32-8-2-7-31(9-10-32)13-17-14-33(26(35)38-17)16-3-5-21-20(11-16)29-22(34)15-37-21/h3-6,11-12,17H,2,7-10,13-15H2,1H3,(H,29,34). The number of cyclic esters (lactones) is 1. The van der Waals surface area contributed by atoms with Gasteiger partial charge in [-0.3, -0.25) is 19.6 Å². The van der Waals surface area contributed by atoms with Crippen LogP contribution in [0.5, 0.6) is 11.6 Å². The molecule has 0 spiro atoms. The van der Waals surface area contributed by atoms with E-state index in [1.165, 1.54) is 13.3 Å². The molecular weight excluding hydrogens is 495 g/mol. The van der Waals surface area contributed by atoms with Crippen molar-refractivity contribution in [2.24, 2.45) is 0 Å². The van der Waals surface area contributed by atoms with E-state index in [2.05, 4.69) is 20.2 Å². The predicted molar refractivity (Wildman–Crippen MR) is 137 cm³/mol. The second-order valence-electron chi connectivity index (χ2n) is 9.45. The Labute approximate surface area is 218 Å². The minimum atomic E-state index is -0.431. The number of nitrogens with one attached hydrogen (secondary N) is 1. The molecule has 2 aromatic heterocycles. The Kier molecular flexibility index (Phi) is 6.32. The molecule has 0 aliphatic carbocycles. The lowest BCUT2D eigenvalue weighted by molar-refractivity contribution is -0.118. The molecule has 2 fully saturated rings. The molecule has 3 aliphatic heterocycles. The van der Waals surface area contributed by atoms with Crippen LogP contribution in [-0.4, -0.2) is 86.0 Å². The quantitative estimate of drug-likeness (QED) is 0.541. The molecule has 1 aromatic carbocycles. The average molecular weight is 523 g/mol. The Morgan fingerprint density at radius 3 is 2.92 bits per heavy atom. The molecule has 5 heterocycles. The van der Waals surface area contributed by atoms with Crippen LogP contribution < -0.4 is 24.6 Å². The zero-order chi connectivity index (χ0) is 26.2. The van der Waals surface area contributed by atoms with Gasteiger partial charge in [0.2, 0.25) is 5.88 Å². The number of benzene rings is 1. The van der Waals surface area contributed by atoms with E-state index >= 15 is 0 Å². The number of rotatable bonds is 5. The third kappa shape index (κ3) is 4.62. The van der Waals surface area contributed by atoms with Gasteiger partial charge >= 0.3 is 6.09 Å². The number of ether oxygens (including phenoxy) is 3. The van der Waals surface area contributed by atoms with E-state index in [0.717, 1.165) is 13.0 Å². The van der Waals surface area contributed by atoms with Gasteiger partial charge in [0, 0.05) is 44.5 Å². The number of carbonyl (C=O) groups excluding carboxylic acids is 2. The largest absolute Gasteiger partial charge is 0.482 e. The number of methoxy groups -OCH3 is 1. The smallest absolute Gasteiger partial charge is 0.414 e. The first-order chi connectivity index (χ1) is 18.5. The van der Waals surface area contributed by atoms with Crippen molar-refractivity contribution in [1.29, 1.82) is 0 Å². The second-order valence-corrected chi connectivity index (χ2v) is 9.45. The average Bonchev–Trinajstić information content (AvgIpc) is 3.13. The van der Waals surface area contributed by atoms with Gasteiger partial charge in [-0.1, -0.05) is 0 Å². The fourth-order valence-electron chi connectivity index (χ4n) is 5.16. The molecule has 3 aliphatic rings. The number of aromatic nitrogens is 2. The van der Waals surface area contributed by atoms with Crippen molar-refractivity contribution in [2.75, 3.05) is 68.1 Å². The van der Waals surface area contributed by atoms with Gasteiger partial charge in [0.25, 0.3) is 5.91 Å². The number of hydrogen-bond acceptors (Lipinski definition) is 9. The van der Waals surface area contributed by atoms with E-state index in [0.29, 0.717) is 72.4 Å². The maximum Gasteiger partial charge on any atom is 0.414 e. The molecule has 0 bridgehead atoms. The third-order valence-electron chi connectivity index (χ3n) is 6.97. The second kappa shape index (κ2) is 9.93. The van der Waals surface area contributed by atoms with Gasteiger partial charge in [-0.2, -0.15) is 0 Å². The van der Waals surface area contributed by atoms with Gasteiger partial charge < -0.3 is 24.4 Å². The number of halogens is 1. The maximum absolute atomic E-state index is 15.0. The molecule has 1 N–H and O–H groups in total. The van der Waals surface area contributed by atoms with Crippen LogP contribution in [0.25, 0.3) is 11.0 Å². The van der Waals surface area contributed by atoms with Gasteiger partial charge in [-0.05, 0) is 30.7 Å². The van der Waals surface area contributed by atoms with Crippen molar-refractivity contribution in [1.82, 2.24) is 14.9 Å². The summed E-state index contributed by atoms with van der Waals surface area (Å²) < 4.78 is 31.3. The molecule has 3 aromatic rings. The lowest BCUT2D eigenvalue weighted by Crippen LogP contribution is -2.37. The SMILES string of the molecule is COc1ccc2ncc(F)c(N3CCCN(CC4CN(c5ccc6c(c5)NC(=O)CO6)C(=O)O4)CC3)c2n1. The van der Waals surface area contributed by atoms with E-state index in [1.807, 2.05) is 4.90 Å². The van der Waals surface area contributed by atoms with Crippen molar-refractivity contribution in [3.8, 4) is 11.6 Å². The highest BCUT2D eigenvalue weighted by Gasteiger charge is 2.34. The normalized spacial score (nSPS) is 20.0. The monoisotopic (exact) mass is 522 g/mol. The number of hydrogen-bond donors (Lipinski definition) is 1. The van der Waals surface area contributed by atoms with Crippen molar-refractivity contribution >= 4 is 40.1 Å². The molecule has 2 saturated heterocycles. The summed E-state index contributed by atoms with van der Waals surface area (Å²) in [5.74, 6) is 0.322. The Balaban J connectivity index is 1.12. The zero-order valence-electron chi connectivity index (χ0n) is 20.9. The maximum atomic E-state index is 15.0. The fraction of sp³-hybridized carbons (Fsp3) is 0.385. The summed E-state index contributed by atoms with van der Waals surface area (Å²) in [5, 5.41) is 2.76. The Morgan fingerprint density at radius 1 is 1.16 bits per heavy atom. The molecule has 1 atom stereocenters. The number of anilines is 3. The summed E-state index contributed by atoms with van der Waals surface area (Å²) in [5.41, 5.74) is 2.68. The summed E-state index contributed by atoms with van der Waals surface area (Å²) in [6.45, 7) is 3.63. The molecule has 11 nitrogen and oxygen atoms in total. The topological polar surface area (TPSA) is 109 Å². The molecule has 1 unspecified atom stereocenters. The summed E-state index contributed by atoms with van der Waals surface area (Å²) in [6, 6.07) is 8.72. The third-order valence-corrected chi connectivity index (χ3v) is 6.97. The molecule has 12 heteroatoms. The predicted octanol–water partition coefficient (Wildman–Crippen LogP) is 2.65. The Hall–Kier alpha value is -4.19. The van der Waals surface area contributed by atoms with Crippen molar-refractivity contribution < 1.29 is 28.2 Å². The fourth-order valence-corrected chi connectivity index (χ4v) is 5.16. The van der Waals surface area contributed by atoms with Gasteiger partial charge in [-0.25, -0.2) is 14.2 Å². The zero-order valence-corrected chi connectivity index (χ0v) is 20.9. The van der Waals surface area contributed by atoms with Crippen LogP contribution in [0, 0.1) is 5.82 Å². The first-order valence-corrected chi connectivity index (χ1v) is 12.5. The number of carbonyl (C=O) groups is 2. The molecule has 38 heavy (non-hydrogen) atoms. The Morgan fingerprint density at radius 2 is 2.05 bits per heavy atom. The van der Waals surface area contributed by atoms with Crippen LogP contribution in [0.1, 0.15) is 6.42 Å². The van der Waals surface area contributed by atoms with Gasteiger partial charge in [0.1, 0.15) is 23.1 Å². The van der Waals surface area contributed by atoms with E-state index in [4.69, 9.17) is 14.2 Å². The van der Waals surface area contributed by atoms with Crippen LogP contribution in [-0.2, 0) is 9.53 Å². The summed E-state index contributed by atoms with van der Waals surface area (Å²) in [6.07, 6.45) is 1.29. The van der Waals surface area contributed by atoms with Gasteiger partial charge in [-0.15, -0.1) is 0 Å². The molecule has 198 valence electrons. The summed E-state index contributed by atoms with van der Waals surface area (Å²) >= 11 is 0. The first kappa shape index (κ1) is 24.2. The molecule has 2 amide bonds. The lowest BCUT2D eigenvalue weighted by Gasteiger charge is -2.25. The molecule has 0 radical (unpaired) electrons. The van der Waals surface area contributed by atoms with Crippen molar-refractivity contribution in [3.63, 3.8) is 0 Å². The molecular formula is C26H27FN6O5. The van der Waals surface area contributed by atoms with Gasteiger partial charge in [0.05, 0.1) is 31.1 Å². The van der Waals surface area contributed by atoms with E-state index in [-0.39, 0.29) is 18.6 Å².